The van der Waals surface area contributed by atoms with E-state index in [0.717, 1.165) is 23.2 Å². The number of halogens is 3. The molecule has 0 unspecified atom stereocenters. The lowest BCUT2D eigenvalue weighted by molar-refractivity contribution is -0.136. The molecule has 2 aromatic heterocycles. The summed E-state index contributed by atoms with van der Waals surface area (Å²) in [5, 5.41) is 25.3. The van der Waals surface area contributed by atoms with Gasteiger partial charge in [0.2, 0.25) is 5.88 Å². The fourth-order valence-corrected chi connectivity index (χ4v) is 3.65. The molecule has 1 aliphatic rings. The molecule has 0 saturated carbocycles. The van der Waals surface area contributed by atoms with Crippen LogP contribution in [0.2, 0.25) is 0 Å². The van der Waals surface area contributed by atoms with Crippen LogP contribution >= 0.6 is 12.4 Å². The number of rotatable bonds is 11. The van der Waals surface area contributed by atoms with Gasteiger partial charge in [-0.1, -0.05) is 12.1 Å². The first-order valence-corrected chi connectivity index (χ1v) is 10.9. The number of aromatic nitrogens is 3. The Morgan fingerprint density at radius 3 is 2.86 bits per heavy atom. The van der Waals surface area contributed by atoms with E-state index in [2.05, 4.69) is 26.5 Å². The van der Waals surface area contributed by atoms with E-state index in [1.54, 1.807) is 0 Å². The summed E-state index contributed by atoms with van der Waals surface area (Å²) in [4.78, 5) is 21.0. The van der Waals surface area contributed by atoms with Gasteiger partial charge in [-0.25, -0.2) is 13.8 Å². The number of carbonyl (C=O) groups is 1. The largest absolute Gasteiger partial charge is 0.481 e. The average Bonchev–Trinajstić information content (AvgIpc) is 3.52. The third-order valence-electron chi connectivity index (χ3n) is 5.38. The Morgan fingerprint density at radius 2 is 2.14 bits per heavy atom. The molecule has 190 valence electrons. The van der Waals surface area contributed by atoms with E-state index in [4.69, 9.17) is 14.4 Å². The number of anilines is 2. The molecule has 0 amide bonds. The molecule has 1 aliphatic heterocycles. The summed E-state index contributed by atoms with van der Waals surface area (Å²) in [5.41, 5.74) is 3.45. The van der Waals surface area contributed by atoms with Crippen molar-refractivity contribution in [1.29, 1.82) is 5.26 Å². The second-order valence-corrected chi connectivity index (χ2v) is 7.82. The number of hydrogen-bond donors (Lipinski definition) is 2. The lowest BCUT2D eigenvalue weighted by Crippen LogP contribution is -2.22. The second-order valence-electron chi connectivity index (χ2n) is 7.82. The third kappa shape index (κ3) is 6.05. The Morgan fingerprint density at radius 1 is 1.33 bits per heavy atom. The average molecular weight is 521 g/mol. The van der Waals surface area contributed by atoms with Gasteiger partial charge in [0, 0.05) is 31.5 Å². The Labute approximate surface area is 211 Å². The van der Waals surface area contributed by atoms with E-state index in [9.17, 15) is 18.8 Å². The predicted molar refractivity (Wildman–Crippen MR) is 127 cm³/mol. The van der Waals surface area contributed by atoms with Crippen molar-refractivity contribution in [2.24, 2.45) is 0 Å². The summed E-state index contributed by atoms with van der Waals surface area (Å²) in [6.45, 7) is -0.480. The maximum atomic E-state index is 12.8. The van der Waals surface area contributed by atoms with Crippen molar-refractivity contribution in [3.63, 3.8) is 0 Å². The van der Waals surface area contributed by atoms with Crippen molar-refractivity contribution in [2.75, 3.05) is 31.3 Å². The van der Waals surface area contributed by atoms with Crippen molar-refractivity contribution >= 4 is 30.0 Å². The van der Waals surface area contributed by atoms with Gasteiger partial charge in [-0.2, -0.15) is 10.2 Å². The SMILES string of the molecule is Cl.N#Cc1cc(-c2nc(N3CCc4cc(CNCCC(=O)O)ccc43)no2)cnc1OC(CF)CF. The molecule has 10 nitrogen and oxygen atoms in total. The molecule has 36 heavy (non-hydrogen) atoms. The minimum absolute atomic E-state index is 0. The van der Waals surface area contributed by atoms with Gasteiger partial charge in [0.15, 0.2) is 6.10 Å². The van der Waals surface area contributed by atoms with Crippen molar-refractivity contribution in [1.82, 2.24) is 20.4 Å². The lowest BCUT2D eigenvalue weighted by atomic mass is 10.1. The monoisotopic (exact) mass is 520 g/mol. The fourth-order valence-electron chi connectivity index (χ4n) is 3.65. The fraction of sp³-hybridized carbons (Fsp3) is 0.348. The van der Waals surface area contributed by atoms with Gasteiger partial charge >= 0.3 is 5.97 Å². The summed E-state index contributed by atoms with van der Waals surface area (Å²) < 4.78 is 36.0. The smallest absolute Gasteiger partial charge is 0.304 e. The maximum absolute atomic E-state index is 12.8. The highest BCUT2D eigenvalue weighted by Crippen LogP contribution is 2.34. The Hall–Kier alpha value is -3.82. The summed E-state index contributed by atoms with van der Waals surface area (Å²) in [6.07, 6.45) is 0.850. The van der Waals surface area contributed by atoms with E-state index in [1.165, 1.54) is 12.3 Å². The number of ether oxygens (including phenoxy) is 1. The highest BCUT2D eigenvalue weighted by molar-refractivity contribution is 5.85. The van der Waals surface area contributed by atoms with Gasteiger partial charge in [-0.15, -0.1) is 12.4 Å². The topological polar surface area (TPSA) is 137 Å². The summed E-state index contributed by atoms with van der Waals surface area (Å²) in [6, 6.07) is 9.28. The molecule has 0 bridgehead atoms. The van der Waals surface area contributed by atoms with Crippen LogP contribution < -0.4 is 15.0 Å². The summed E-state index contributed by atoms with van der Waals surface area (Å²) in [5.74, 6) is -0.527. The predicted octanol–water partition coefficient (Wildman–Crippen LogP) is 3.37. The molecule has 0 spiro atoms. The first kappa shape index (κ1) is 26.8. The van der Waals surface area contributed by atoms with Gasteiger partial charge < -0.3 is 24.6 Å². The molecule has 13 heteroatoms. The number of pyridine rings is 1. The summed E-state index contributed by atoms with van der Waals surface area (Å²) >= 11 is 0. The molecule has 2 N–H and O–H groups in total. The standard InChI is InChI=1S/C23H22F2N6O4.ClH/c24-9-18(10-25)34-21-16(11-26)8-17(13-28-21)22-29-23(30-35-22)31-6-4-15-7-14(1-2-19(15)31)12-27-5-3-20(32)33;/h1-2,7-8,13,18,27H,3-6,9-10,12H2,(H,32,33);1H. The Kier molecular flexibility index (Phi) is 9.10. The molecule has 0 aliphatic carbocycles. The van der Waals surface area contributed by atoms with Crippen LogP contribution in [0.1, 0.15) is 23.1 Å². The minimum Gasteiger partial charge on any atom is -0.481 e. The summed E-state index contributed by atoms with van der Waals surface area (Å²) in [7, 11) is 0. The van der Waals surface area contributed by atoms with E-state index in [0.29, 0.717) is 31.1 Å². The molecule has 0 radical (unpaired) electrons. The van der Waals surface area contributed by atoms with Gasteiger partial charge in [0.1, 0.15) is 25.0 Å². The third-order valence-corrected chi connectivity index (χ3v) is 5.38. The molecule has 0 atom stereocenters. The van der Waals surface area contributed by atoms with Crippen molar-refractivity contribution in [3.05, 3.63) is 47.2 Å². The van der Waals surface area contributed by atoms with Crippen LogP contribution in [0.25, 0.3) is 11.5 Å². The molecule has 0 saturated heterocycles. The number of fused-ring (bicyclic) bond motifs is 1. The number of nitriles is 1. The van der Waals surface area contributed by atoms with Gasteiger partial charge in [0.25, 0.3) is 11.8 Å². The zero-order valence-electron chi connectivity index (χ0n) is 19.0. The molecular weight excluding hydrogens is 498 g/mol. The number of carboxylic acid groups (broad SMARTS) is 1. The number of aliphatic carboxylic acids is 1. The molecule has 3 aromatic rings. The van der Waals surface area contributed by atoms with Crippen LogP contribution in [0.4, 0.5) is 20.4 Å². The normalized spacial score (nSPS) is 12.2. The van der Waals surface area contributed by atoms with Crippen LogP contribution in [0.15, 0.2) is 35.0 Å². The lowest BCUT2D eigenvalue weighted by Gasteiger charge is -2.14. The van der Waals surface area contributed by atoms with Crippen molar-refractivity contribution < 1.29 is 27.9 Å². The van der Waals surface area contributed by atoms with Crippen LogP contribution in [0.3, 0.4) is 0 Å². The quantitative estimate of drug-likeness (QED) is 0.362. The number of nitrogens with zero attached hydrogens (tertiary/aromatic N) is 5. The minimum atomic E-state index is -1.33. The Balaban J connectivity index is 0.00000361. The first-order chi connectivity index (χ1) is 17.0. The zero-order valence-corrected chi connectivity index (χ0v) is 19.8. The van der Waals surface area contributed by atoms with E-state index in [-0.39, 0.29) is 36.2 Å². The van der Waals surface area contributed by atoms with Crippen LogP contribution in [-0.2, 0) is 17.8 Å². The van der Waals surface area contributed by atoms with Crippen LogP contribution in [-0.4, -0.2) is 58.7 Å². The van der Waals surface area contributed by atoms with Gasteiger partial charge in [-0.05, 0) is 34.8 Å². The molecular formula is C23H23ClF2N6O4. The Bertz CT molecular complexity index is 1250. The highest BCUT2D eigenvalue weighted by Gasteiger charge is 2.25. The molecule has 4 rings (SSSR count). The second kappa shape index (κ2) is 12.2. The number of nitrogens with one attached hydrogen (secondary N) is 1. The highest BCUT2D eigenvalue weighted by atomic mass is 35.5. The molecule has 3 heterocycles. The van der Waals surface area contributed by atoms with Crippen molar-refractivity contribution in [3.8, 4) is 23.4 Å². The van der Waals surface area contributed by atoms with E-state index in [1.807, 2.05) is 23.1 Å². The van der Waals surface area contributed by atoms with Gasteiger partial charge in [0.05, 0.1) is 12.0 Å². The van der Waals surface area contributed by atoms with Crippen LogP contribution in [0, 0.1) is 11.3 Å². The number of alkyl halides is 2. The van der Waals surface area contributed by atoms with Crippen molar-refractivity contribution in [2.45, 2.75) is 25.5 Å². The number of carboxylic acids is 1. The van der Waals surface area contributed by atoms with E-state index >= 15 is 0 Å². The molecule has 1 aromatic carbocycles. The van der Waals surface area contributed by atoms with Gasteiger partial charge in [-0.3, -0.25) is 4.79 Å². The van der Waals surface area contributed by atoms with Crippen LogP contribution in [0.5, 0.6) is 5.88 Å². The van der Waals surface area contributed by atoms with E-state index < -0.39 is 25.4 Å². The number of benzene rings is 1. The molecule has 0 fully saturated rings. The first-order valence-electron chi connectivity index (χ1n) is 10.9. The number of hydrogen-bond acceptors (Lipinski definition) is 9. The zero-order chi connectivity index (χ0) is 24.8. The maximum Gasteiger partial charge on any atom is 0.304 e.